The van der Waals surface area contributed by atoms with Crippen LogP contribution < -0.4 is 43.8 Å². The van der Waals surface area contributed by atoms with Crippen molar-refractivity contribution in [1.82, 2.24) is 26.6 Å². The van der Waals surface area contributed by atoms with E-state index in [2.05, 4.69) is 26.6 Å². The highest BCUT2D eigenvalue weighted by atomic mass is 16.4. The van der Waals surface area contributed by atoms with Crippen LogP contribution in [0, 0.1) is 0 Å². The van der Waals surface area contributed by atoms with E-state index >= 15 is 0 Å². The Bertz CT molecular complexity index is 863. The minimum Gasteiger partial charge on any atom is -0.480 e. The van der Waals surface area contributed by atoms with Crippen LogP contribution in [0.15, 0.2) is 0 Å². The van der Waals surface area contributed by atoms with Crippen molar-refractivity contribution in [1.29, 1.82) is 0 Å². The molecule has 0 aliphatic carbocycles. The van der Waals surface area contributed by atoms with Gasteiger partial charge in [-0.05, 0) is 72.9 Å². The van der Waals surface area contributed by atoms with Crippen LogP contribution in [0.25, 0.3) is 0 Å². The van der Waals surface area contributed by atoms with Crippen molar-refractivity contribution in [2.24, 2.45) is 17.2 Å². The standard InChI is InChI=1S/C24H46N8O7/c1-23(2,31-19(36)15(27)9-5-7-11-25)21(38)28-13-17(33)30-16(10-6-8-12-26)20(37)32-24(3,4)22(39)29-14-18(34)35/h15-16H,5-14,25-27H2,1-4H3,(H,28,38)(H,29,39)(H,30,33)(H,31,36)(H,32,37)(H,34,35)/t15-,16-/m0/s1. The summed E-state index contributed by atoms with van der Waals surface area (Å²) in [6.07, 6.45) is 3.09. The number of carbonyl (C=O) groups excluding carboxylic acids is 5. The number of rotatable bonds is 19. The molecule has 0 radical (unpaired) electrons. The zero-order chi connectivity index (χ0) is 30.2. The lowest BCUT2D eigenvalue weighted by Gasteiger charge is -2.28. The predicted octanol–water partition coefficient (Wildman–Crippen LogP) is -2.84. The minimum atomic E-state index is -1.47. The van der Waals surface area contributed by atoms with E-state index in [1.165, 1.54) is 27.7 Å². The van der Waals surface area contributed by atoms with E-state index in [1.54, 1.807) is 0 Å². The maximum atomic E-state index is 12.9. The highest BCUT2D eigenvalue weighted by Crippen LogP contribution is 2.08. The summed E-state index contributed by atoms with van der Waals surface area (Å²) in [5.41, 5.74) is 14.0. The van der Waals surface area contributed by atoms with Gasteiger partial charge in [0.1, 0.15) is 23.7 Å². The second-order valence-corrected chi connectivity index (χ2v) is 10.3. The first-order valence-electron chi connectivity index (χ1n) is 12.9. The monoisotopic (exact) mass is 558 g/mol. The lowest BCUT2D eigenvalue weighted by molar-refractivity contribution is -0.139. The fraction of sp³-hybridized carbons (Fsp3) is 0.750. The molecular weight excluding hydrogens is 512 g/mol. The molecule has 0 unspecified atom stereocenters. The van der Waals surface area contributed by atoms with E-state index < -0.39 is 71.8 Å². The number of nitrogens with two attached hydrogens (primary N) is 3. The zero-order valence-electron chi connectivity index (χ0n) is 23.4. The first kappa shape index (κ1) is 35.7. The molecule has 0 aromatic carbocycles. The third kappa shape index (κ3) is 14.4. The third-order valence-electron chi connectivity index (χ3n) is 5.72. The van der Waals surface area contributed by atoms with Crippen molar-refractivity contribution < 1.29 is 33.9 Å². The molecule has 0 aromatic heterocycles. The Morgan fingerprint density at radius 2 is 1.18 bits per heavy atom. The maximum absolute atomic E-state index is 12.9. The fourth-order valence-electron chi connectivity index (χ4n) is 3.31. The van der Waals surface area contributed by atoms with E-state index in [1.807, 2.05) is 0 Å². The Kier molecular flexibility index (Phi) is 15.9. The van der Waals surface area contributed by atoms with Gasteiger partial charge in [-0.2, -0.15) is 0 Å². The van der Waals surface area contributed by atoms with Crippen molar-refractivity contribution in [2.45, 2.75) is 89.4 Å². The molecule has 0 aliphatic heterocycles. The summed E-state index contributed by atoms with van der Waals surface area (Å²) < 4.78 is 0. The number of carboxylic acids is 1. The largest absolute Gasteiger partial charge is 0.480 e. The number of hydrogen-bond donors (Lipinski definition) is 9. The van der Waals surface area contributed by atoms with Gasteiger partial charge in [0.25, 0.3) is 0 Å². The van der Waals surface area contributed by atoms with Crippen molar-refractivity contribution in [3.05, 3.63) is 0 Å². The first-order chi connectivity index (χ1) is 18.1. The van der Waals surface area contributed by atoms with Gasteiger partial charge in [0.2, 0.25) is 29.5 Å². The van der Waals surface area contributed by atoms with Crippen LogP contribution >= 0.6 is 0 Å². The Hall–Kier alpha value is -3.30. The van der Waals surface area contributed by atoms with Gasteiger partial charge in [0.05, 0.1) is 12.6 Å². The molecule has 0 heterocycles. The predicted molar refractivity (Wildman–Crippen MR) is 144 cm³/mol. The maximum Gasteiger partial charge on any atom is 0.322 e. The molecule has 12 N–H and O–H groups in total. The Morgan fingerprint density at radius 3 is 1.67 bits per heavy atom. The summed E-state index contributed by atoms with van der Waals surface area (Å²) in [6.45, 7) is 5.47. The molecule has 15 heteroatoms. The van der Waals surface area contributed by atoms with Crippen LogP contribution in [0.5, 0.6) is 0 Å². The van der Waals surface area contributed by atoms with Crippen molar-refractivity contribution in [3.63, 3.8) is 0 Å². The van der Waals surface area contributed by atoms with E-state index in [9.17, 15) is 28.8 Å². The van der Waals surface area contributed by atoms with Gasteiger partial charge in [0.15, 0.2) is 0 Å². The van der Waals surface area contributed by atoms with Crippen LogP contribution in [0.1, 0.15) is 66.2 Å². The molecule has 0 aromatic rings. The van der Waals surface area contributed by atoms with E-state index in [0.717, 1.165) is 6.42 Å². The second-order valence-electron chi connectivity index (χ2n) is 10.3. The van der Waals surface area contributed by atoms with E-state index in [-0.39, 0.29) is 6.42 Å². The number of carbonyl (C=O) groups is 6. The molecule has 0 spiro atoms. The molecule has 0 bridgehead atoms. The molecule has 0 saturated carbocycles. The Labute approximate surface area is 229 Å². The van der Waals surface area contributed by atoms with Crippen LogP contribution in [-0.4, -0.2) is 90.0 Å². The average Bonchev–Trinajstić information content (AvgIpc) is 2.84. The SMILES string of the molecule is CC(C)(NC(=O)[C@H](CCCCN)NC(=O)CNC(=O)C(C)(C)NC(=O)[C@@H](N)CCCCN)C(=O)NCC(=O)O. The smallest absolute Gasteiger partial charge is 0.322 e. The Balaban J connectivity index is 5.09. The van der Waals surface area contributed by atoms with Gasteiger partial charge >= 0.3 is 5.97 Å². The van der Waals surface area contributed by atoms with Crippen LogP contribution in [-0.2, 0) is 28.8 Å². The number of nitrogens with one attached hydrogen (secondary N) is 5. The lowest BCUT2D eigenvalue weighted by atomic mass is 10.0. The van der Waals surface area contributed by atoms with Gasteiger partial charge in [-0.3, -0.25) is 28.8 Å². The first-order valence-corrected chi connectivity index (χ1v) is 12.9. The molecule has 224 valence electrons. The molecule has 0 rings (SSSR count). The van der Waals surface area contributed by atoms with Crippen LogP contribution in [0.4, 0.5) is 0 Å². The quantitative estimate of drug-likeness (QED) is 0.0733. The molecular formula is C24H46N8O7. The molecule has 0 fully saturated rings. The fourth-order valence-corrected chi connectivity index (χ4v) is 3.31. The van der Waals surface area contributed by atoms with Crippen LogP contribution in [0.2, 0.25) is 0 Å². The number of carboxylic acid groups (broad SMARTS) is 1. The highest BCUT2D eigenvalue weighted by Gasteiger charge is 2.34. The van der Waals surface area contributed by atoms with Crippen LogP contribution in [0.3, 0.4) is 0 Å². The van der Waals surface area contributed by atoms with Gasteiger partial charge < -0.3 is 48.9 Å². The van der Waals surface area contributed by atoms with Crippen molar-refractivity contribution in [2.75, 3.05) is 26.2 Å². The van der Waals surface area contributed by atoms with Crippen molar-refractivity contribution in [3.8, 4) is 0 Å². The number of amides is 5. The summed E-state index contributed by atoms with van der Waals surface area (Å²) in [4.78, 5) is 73.5. The summed E-state index contributed by atoms with van der Waals surface area (Å²) in [5.74, 6) is -4.46. The number of hydrogen-bond acceptors (Lipinski definition) is 9. The van der Waals surface area contributed by atoms with E-state index in [0.29, 0.717) is 38.8 Å². The van der Waals surface area contributed by atoms with Gasteiger partial charge in [-0.1, -0.05) is 6.42 Å². The molecule has 0 saturated heterocycles. The van der Waals surface area contributed by atoms with Gasteiger partial charge in [-0.15, -0.1) is 0 Å². The third-order valence-corrected chi connectivity index (χ3v) is 5.72. The summed E-state index contributed by atoms with van der Waals surface area (Å²) in [7, 11) is 0. The minimum absolute atomic E-state index is 0.207. The molecule has 0 aliphatic rings. The summed E-state index contributed by atoms with van der Waals surface area (Å²) in [5, 5.41) is 21.0. The number of aliphatic carboxylic acids is 1. The topological polar surface area (TPSA) is 261 Å². The summed E-state index contributed by atoms with van der Waals surface area (Å²) in [6, 6.07) is -1.86. The van der Waals surface area contributed by atoms with Gasteiger partial charge in [0, 0.05) is 0 Å². The van der Waals surface area contributed by atoms with Crippen molar-refractivity contribution >= 4 is 35.5 Å². The normalized spacial score (nSPS) is 13.0. The highest BCUT2D eigenvalue weighted by molar-refractivity contribution is 5.96. The lowest BCUT2D eigenvalue weighted by Crippen LogP contribution is -2.61. The second kappa shape index (κ2) is 17.3. The molecule has 15 nitrogen and oxygen atoms in total. The number of unbranched alkanes of at least 4 members (excludes halogenated alkanes) is 2. The molecule has 5 amide bonds. The molecule has 39 heavy (non-hydrogen) atoms. The zero-order valence-corrected chi connectivity index (χ0v) is 23.4. The van der Waals surface area contributed by atoms with Gasteiger partial charge in [-0.25, -0.2) is 0 Å². The van der Waals surface area contributed by atoms with E-state index in [4.69, 9.17) is 22.3 Å². The Morgan fingerprint density at radius 1 is 0.718 bits per heavy atom. The summed E-state index contributed by atoms with van der Waals surface area (Å²) >= 11 is 0. The molecule has 2 atom stereocenters. The average molecular weight is 559 g/mol.